The molecule has 19 heavy (non-hydrogen) atoms. The molecule has 1 unspecified atom stereocenters. The smallest absolute Gasteiger partial charge is 0.180 e. The molecule has 1 aromatic carbocycles. The summed E-state index contributed by atoms with van der Waals surface area (Å²) in [5, 5.41) is 0.614. The fraction of sp³-hybridized carbons (Fsp3) is 0.357. The van der Waals surface area contributed by atoms with Gasteiger partial charge in [-0.2, -0.15) is 0 Å². The van der Waals surface area contributed by atoms with Crippen LogP contribution in [-0.4, -0.2) is 24.7 Å². The molecule has 5 heteroatoms. The van der Waals surface area contributed by atoms with Crippen LogP contribution in [0.25, 0.3) is 11.3 Å². The lowest BCUT2D eigenvalue weighted by Gasteiger charge is -2.32. The third kappa shape index (κ3) is 2.14. The van der Waals surface area contributed by atoms with Crippen molar-refractivity contribution in [2.45, 2.75) is 20.0 Å². The highest BCUT2D eigenvalue weighted by atomic mass is 32.1. The monoisotopic (exact) mass is 275 g/mol. The van der Waals surface area contributed by atoms with Gasteiger partial charge in [-0.25, -0.2) is 4.98 Å². The normalized spacial score (nSPS) is 18.1. The fourth-order valence-corrected chi connectivity index (χ4v) is 3.20. The summed E-state index contributed by atoms with van der Waals surface area (Å²) in [4.78, 5) is 7.77. The SMILES string of the molecule is Cc1sc(N)nc1-c1ccc2c(c1)N(C)CC(C)O2. The Labute approximate surface area is 116 Å². The summed E-state index contributed by atoms with van der Waals surface area (Å²) in [5.74, 6) is 0.936. The van der Waals surface area contributed by atoms with E-state index >= 15 is 0 Å². The molecule has 2 heterocycles. The molecule has 0 saturated heterocycles. The molecular formula is C14H17N3OS. The molecule has 0 aliphatic carbocycles. The Morgan fingerprint density at radius 3 is 2.95 bits per heavy atom. The Hall–Kier alpha value is -1.75. The van der Waals surface area contributed by atoms with Crippen LogP contribution in [-0.2, 0) is 0 Å². The van der Waals surface area contributed by atoms with Crippen molar-refractivity contribution in [1.82, 2.24) is 4.98 Å². The van der Waals surface area contributed by atoms with Gasteiger partial charge in [-0.1, -0.05) is 0 Å². The lowest BCUT2D eigenvalue weighted by atomic mass is 10.1. The van der Waals surface area contributed by atoms with Crippen LogP contribution in [0.3, 0.4) is 0 Å². The van der Waals surface area contributed by atoms with Crippen LogP contribution < -0.4 is 15.4 Å². The van der Waals surface area contributed by atoms with Crippen molar-refractivity contribution >= 4 is 22.2 Å². The number of nitrogens with two attached hydrogens (primary N) is 1. The van der Waals surface area contributed by atoms with Gasteiger partial charge in [0.15, 0.2) is 5.13 Å². The number of rotatable bonds is 1. The van der Waals surface area contributed by atoms with E-state index in [9.17, 15) is 0 Å². The topological polar surface area (TPSA) is 51.4 Å². The lowest BCUT2D eigenvalue weighted by Crippen LogP contribution is -2.35. The van der Waals surface area contributed by atoms with Gasteiger partial charge in [-0.15, -0.1) is 11.3 Å². The summed E-state index contributed by atoms with van der Waals surface area (Å²) < 4.78 is 5.84. The summed E-state index contributed by atoms with van der Waals surface area (Å²) in [6, 6.07) is 6.20. The quantitative estimate of drug-likeness (QED) is 0.869. The number of thiazole rings is 1. The van der Waals surface area contributed by atoms with E-state index in [0.717, 1.165) is 34.1 Å². The number of aryl methyl sites for hydroxylation is 1. The third-order valence-corrected chi connectivity index (χ3v) is 4.12. The predicted molar refractivity (Wildman–Crippen MR) is 80.1 cm³/mol. The molecule has 2 N–H and O–H groups in total. The van der Waals surface area contributed by atoms with Gasteiger partial charge in [-0.05, 0) is 32.0 Å². The average Bonchev–Trinajstić information content (AvgIpc) is 2.68. The Morgan fingerprint density at radius 2 is 2.26 bits per heavy atom. The van der Waals surface area contributed by atoms with Crippen molar-refractivity contribution in [3.05, 3.63) is 23.1 Å². The highest BCUT2D eigenvalue weighted by Gasteiger charge is 2.21. The van der Waals surface area contributed by atoms with Crippen LogP contribution >= 0.6 is 11.3 Å². The van der Waals surface area contributed by atoms with E-state index in [2.05, 4.69) is 29.9 Å². The summed E-state index contributed by atoms with van der Waals surface area (Å²) in [5.41, 5.74) is 8.95. The fourth-order valence-electron chi connectivity index (χ4n) is 2.49. The number of ether oxygens (including phenoxy) is 1. The molecule has 100 valence electrons. The van der Waals surface area contributed by atoms with Crippen molar-refractivity contribution in [3.8, 4) is 17.0 Å². The maximum atomic E-state index is 5.84. The zero-order chi connectivity index (χ0) is 13.6. The molecular weight excluding hydrogens is 258 g/mol. The second kappa shape index (κ2) is 4.42. The van der Waals surface area contributed by atoms with Crippen molar-refractivity contribution in [3.63, 3.8) is 0 Å². The zero-order valence-corrected chi connectivity index (χ0v) is 12.1. The zero-order valence-electron chi connectivity index (χ0n) is 11.3. The van der Waals surface area contributed by atoms with E-state index in [-0.39, 0.29) is 6.10 Å². The first-order valence-corrected chi connectivity index (χ1v) is 7.11. The first kappa shape index (κ1) is 12.3. The van der Waals surface area contributed by atoms with Crippen molar-refractivity contribution in [2.75, 3.05) is 24.2 Å². The van der Waals surface area contributed by atoms with E-state index in [1.165, 1.54) is 11.3 Å². The van der Waals surface area contributed by atoms with Gasteiger partial charge in [0.2, 0.25) is 0 Å². The molecule has 0 bridgehead atoms. The number of hydrogen-bond donors (Lipinski definition) is 1. The largest absolute Gasteiger partial charge is 0.487 e. The van der Waals surface area contributed by atoms with Crippen molar-refractivity contribution in [1.29, 1.82) is 0 Å². The number of benzene rings is 1. The maximum Gasteiger partial charge on any atom is 0.180 e. The van der Waals surface area contributed by atoms with Gasteiger partial charge < -0.3 is 15.4 Å². The Morgan fingerprint density at radius 1 is 1.47 bits per heavy atom. The highest BCUT2D eigenvalue weighted by molar-refractivity contribution is 7.15. The van der Waals surface area contributed by atoms with Gasteiger partial charge in [0.25, 0.3) is 0 Å². The van der Waals surface area contributed by atoms with Gasteiger partial charge in [0, 0.05) is 17.5 Å². The first-order valence-electron chi connectivity index (χ1n) is 6.29. The third-order valence-electron chi connectivity index (χ3n) is 3.32. The number of nitrogen functional groups attached to an aromatic ring is 1. The highest BCUT2D eigenvalue weighted by Crippen LogP contribution is 2.37. The van der Waals surface area contributed by atoms with Crippen LogP contribution in [0.5, 0.6) is 5.75 Å². The summed E-state index contributed by atoms with van der Waals surface area (Å²) >= 11 is 1.52. The first-order chi connectivity index (χ1) is 9.04. The van der Waals surface area contributed by atoms with Gasteiger partial charge in [0.1, 0.15) is 11.9 Å². The molecule has 0 amide bonds. The summed E-state index contributed by atoms with van der Waals surface area (Å²) in [6.45, 7) is 5.03. The van der Waals surface area contributed by atoms with Gasteiger partial charge in [0.05, 0.1) is 17.9 Å². The Balaban J connectivity index is 2.06. The van der Waals surface area contributed by atoms with E-state index in [1.54, 1.807) is 0 Å². The molecule has 1 aliphatic heterocycles. The van der Waals surface area contributed by atoms with Crippen LogP contribution in [0.2, 0.25) is 0 Å². The van der Waals surface area contributed by atoms with Crippen LogP contribution in [0.1, 0.15) is 11.8 Å². The molecule has 3 rings (SSSR count). The average molecular weight is 275 g/mol. The molecule has 1 atom stereocenters. The van der Waals surface area contributed by atoms with Gasteiger partial charge >= 0.3 is 0 Å². The second-order valence-electron chi connectivity index (χ2n) is 4.95. The minimum Gasteiger partial charge on any atom is -0.487 e. The lowest BCUT2D eigenvalue weighted by molar-refractivity contribution is 0.215. The molecule has 0 saturated carbocycles. The Kier molecular flexibility index (Phi) is 2.86. The molecule has 2 aromatic rings. The van der Waals surface area contributed by atoms with E-state index < -0.39 is 0 Å². The maximum absolute atomic E-state index is 5.84. The molecule has 1 aromatic heterocycles. The predicted octanol–water partition coefficient (Wildman–Crippen LogP) is 2.92. The van der Waals surface area contributed by atoms with E-state index in [1.807, 2.05) is 19.1 Å². The minimum absolute atomic E-state index is 0.222. The standard InChI is InChI=1S/C14H17N3OS/c1-8-7-17(3)11-6-10(4-5-12(11)18-8)13-9(2)19-14(15)16-13/h4-6,8H,7H2,1-3H3,(H2,15,16). The van der Waals surface area contributed by atoms with Crippen molar-refractivity contribution in [2.24, 2.45) is 0 Å². The minimum atomic E-state index is 0.222. The summed E-state index contributed by atoms with van der Waals surface area (Å²) in [7, 11) is 2.09. The number of anilines is 2. The molecule has 4 nitrogen and oxygen atoms in total. The molecule has 1 aliphatic rings. The van der Waals surface area contributed by atoms with Gasteiger partial charge in [-0.3, -0.25) is 0 Å². The van der Waals surface area contributed by atoms with Crippen LogP contribution in [0.15, 0.2) is 18.2 Å². The molecule has 0 spiro atoms. The number of likely N-dealkylation sites (N-methyl/N-ethyl adjacent to an activating group) is 1. The van der Waals surface area contributed by atoms with E-state index in [4.69, 9.17) is 10.5 Å². The van der Waals surface area contributed by atoms with Crippen molar-refractivity contribution < 1.29 is 4.74 Å². The summed E-state index contributed by atoms with van der Waals surface area (Å²) in [6.07, 6.45) is 0.222. The number of nitrogens with zero attached hydrogens (tertiary/aromatic N) is 2. The number of fused-ring (bicyclic) bond motifs is 1. The van der Waals surface area contributed by atoms with Crippen LogP contribution in [0.4, 0.5) is 10.8 Å². The second-order valence-corrected chi connectivity index (χ2v) is 6.18. The number of hydrogen-bond acceptors (Lipinski definition) is 5. The van der Waals surface area contributed by atoms with E-state index in [0.29, 0.717) is 5.13 Å². The Bertz CT molecular complexity index is 623. The molecule has 0 radical (unpaired) electrons. The number of aromatic nitrogens is 1. The molecule has 0 fully saturated rings. The van der Waals surface area contributed by atoms with Crippen LogP contribution in [0, 0.1) is 6.92 Å².